The topological polar surface area (TPSA) is 92.0 Å². The third-order valence-corrected chi connectivity index (χ3v) is 5.81. The van der Waals surface area contributed by atoms with Crippen molar-refractivity contribution in [3.63, 3.8) is 0 Å². The van der Waals surface area contributed by atoms with E-state index >= 15 is 0 Å². The number of nitrogens with zero attached hydrogens (tertiary/aromatic N) is 3. The molecule has 0 spiro atoms. The monoisotopic (exact) mass is 451 g/mol. The van der Waals surface area contributed by atoms with E-state index < -0.39 is 0 Å². The number of ether oxygens (including phenoxy) is 3. The molecule has 0 saturated carbocycles. The minimum absolute atomic E-state index is 0.247. The summed E-state index contributed by atoms with van der Waals surface area (Å²) in [5.41, 5.74) is 2.93. The molecule has 0 aliphatic heterocycles. The zero-order valence-corrected chi connectivity index (χ0v) is 19.1. The number of carbonyl (C=O) groups excluding carboxylic acids is 1. The number of carbonyl (C=O) groups is 1. The molecule has 0 fully saturated rings. The average molecular weight is 452 g/mol. The summed E-state index contributed by atoms with van der Waals surface area (Å²) in [6.07, 6.45) is 1.79. The lowest BCUT2D eigenvalue weighted by Gasteiger charge is -2.10. The molecule has 9 heteroatoms. The number of fused-ring (bicyclic) bond motifs is 1. The second kappa shape index (κ2) is 8.43. The van der Waals surface area contributed by atoms with Gasteiger partial charge >= 0.3 is 5.97 Å². The quantitative estimate of drug-likeness (QED) is 0.340. The van der Waals surface area contributed by atoms with Crippen LogP contribution in [0.15, 0.2) is 35.1 Å². The van der Waals surface area contributed by atoms with Crippen LogP contribution in [0, 0.1) is 13.8 Å². The maximum absolute atomic E-state index is 12.9. The molecule has 0 aliphatic carbocycles. The van der Waals surface area contributed by atoms with E-state index in [2.05, 4.69) is 10.1 Å². The summed E-state index contributed by atoms with van der Waals surface area (Å²) in [5, 5.41) is 4.39. The molecule has 0 aliphatic rings. The summed E-state index contributed by atoms with van der Waals surface area (Å²) in [6.45, 7) is 5.09. The fourth-order valence-corrected chi connectivity index (χ4v) is 4.36. The highest BCUT2D eigenvalue weighted by Crippen LogP contribution is 2.31. The van der Waals surface area contributed by atoms with Gasteiger partial charge in [0.2, 0.25) is 4.96 Å². The van der Waals surface area contributed by atoms with Gasteiger partial charge in [0.1, 0.15) is 5.75 Å². The molecule has 8 nitrogen and oxygen atoms in total. The summed E-state index contributed by atoms with van der Waals surface area (Å²) in [4.78, 5) is 29.2. The Labute approximate surface area is 187 Å². The van der Waals surface area contributed by atoms with Gasteiger partial charge in [-0.2, -0.15) is 9.50 Å². The van der Waals surface area contributed by atoms with E-state index in [1.165, 1.54) is 22.8 Å². The predicted octanol–water partition coefficient (Wildman–Crippen LogP) is 2.93. The fraction of sp³-hybridized carbons (Fsp3) is 0.217. The number of rotatable bonds is 5. The minimum atomic E-state index is -0.370. The molecule has 0 amide bonds. The molecule has 2 aromatic heterocycles. The van der Waals surface area contributed by atoms with Crippen LogP contribution >= 0.6 is 11.3 Å². The summed E-state index contributed by atoms with van der Waals surface area (Å²) in [6, 6.07) is 9.09. The molecule has 0 bridgehead atoms. The van der Waals surface area contributed by atoms with E-state index in [1.807, 2.05) is 32.0 Å². The molecule has 164 valence electrons. The van der Waals surface area contributed by atoms with E-state index in [9.17, 15) is 9.59 Å². The van der Waals surface area contributed by atoms with Gasteiger partial charge in [0.05, 0.1) is 18.8 Å². The van der Waals surface area contributed by atoms with Crippen molar-refractivity contribution in [2.24, 2.45) is 0 Å². The number of hydrogen-bond donors (Lipinski definition) is 0. The van der Waals surface area contributed by atoms with Gasteiger partial charge in [0, 0.05) is 12.5 Å². The Morgan fingerprint density at radius 1 is 1.06 bits per heavy atom. The first-order valence-corrected chi connectivity index (χ1v) is 10.6. The van der Waals surface area contributed by atoms with E-state index in [0.717, 1.165) is 22.3 Å². The van der Waals surface area contributed by atoms with Crippen LogP contribution in [0.4, 0.5) is 0 Å². The number of methoxy groups -OCH3 is 2. The highest BCUT2D eigenvalue weighted by Gasteiger charge is 2.15. The van der Waals surface area contributed by atoms with Crippen molar-refractivity contribution in [3.05, 3.63) is 61.9 Å². The first-order valence-electron chi connectivity index (χ1n) is 9.74. The lowest BCUT2D eigenvalue weighted by molar-refractivity contribution is -0.131. The lowest BCUT2D eigenvalue weighted by atomic mass is 10.1. The van der Waals surface area contributed by atoms with E-state index in [1.54, 1.807) is 32.4 Å². The van der Waals surface area contributed by atoms with Gasteiger partial charge in [-0.05, 0) is 66.9 Å². The third-order valence-electron chi connectivity index (χ3n) is 4.85. The van der Waals surface area contributed by atoms with Gasteiger partial charge in [-0.15, -0.1) is 5.10 Å². The Morgan fingerprint density at radius 2 is 1.75 bits per heavy atom. The van der Waals surface area contributed by atoms with Gasteiger partial charge in [-0.3, -0.25) is 9.59 Å². The maximum Gasteiger partial charge on any atom is 0.308 e. The van der Waals surface area contributed by atoms with E-state index in [0.29, 0.717) is 32.6 Å². The van der Waals surface area contributed by atoms with Gasteiger partial charge < -0.3 is 14.2 Å². The minimum Gasteiger partial charge on any atom is -0.493 e. The molecule has 2 heterocycles. The van der Waals surface area contributed by atoms with Crippen molar-refractivity contribution in [2.45, 2.75) is 20.8 Å². The van der Waals surface area contributed by atoms with Gasteiger partial charge in [-0.25, -0.2) is 0 Å². The third kappa shape index (κ3) is 3.94. The molecule has 4 rings (SSSR count). The summed E-state index contributed by atoms with van der Waals surface area (Å²) < 4.78 is 17.7. The molecule has 0 atom stereocenters. The Hall–Kier alpha value is -3.72. The van der Waals surface area contributed by atoms with Crippen LogP contribution in [0.2, 0.25) is 0 Å². The van der Waals surface area contributed by atoms with Crippen LogP contribution in [-0.4, -0.2) is 34.8 Å². The lowest BCUT2D eigenvalue weighted by Crippen LogP contribution is -2.23. The Morgan fingerprint density at radius 3 is 2.34 bits per heavy atom. The first kappa shape index (κ1) is 21.5. The molecular formula is C23H21N3O5S. The smallest absolute Gasteiger partial charge is 0.308 e. The van der Waals surface area contributed by atoms with Gasteiger partial charge in [0.15, 0.2) is 17.3 Å². The highest BCUT2D eigenvalue weighted by atomic mass is 32.1. The number of aromatic nitrogens is 3. The number of benzene rings is 2. The fourth-order valence-electron chi connectivity index (χ4n) is 3.45. The summed E-state index contributed by atoms with van der Waals surface area (Å²) in [5.74, 6) is 1.76. The summed E-state index contributed by atoms with van der Waals surface area (Å²) in [7, 11) is 3.12. The Bertz CT molecular complexity index is 1430. The number of hydrogen-bond acceptors (Lipinski definition) is 8. The predicted molar refractivity (Wildman–Crippen MR) is 122 cm³/mol. The van der Waals surface area contributed by atoms with Crippen LogP contribution in [-0.2, 0) is 4.79 Å². The first-order chi connectivity index (χ1) is 15.3. The van der Waals surface area contributed by atoms with E-state index in [4.69, 9.17) is 14.2 Å². The van der Waals surface area contributed by atoms with Crippen molar-refractivity contribution >= 4 is 28.3 Å². The second-order valence-electron chi connectivity index (χ2n) is 7.19. The second-order valence-corrected chi connectivity index (χ2v) is 8.20. The molecule has 0 saturated heterocycles. The SMILES string of the molecule is COc1ccc(-c2nc3sc(=Cc4cc(C)c(OC(C)=O)c(C)c4)c(=O)n3n2)cc1OC. The highest BCUT2D eigenvalue weighted by molar-refractivity contribution is 7.15. The van der Waals surface area contributed by atoms with Crippen LogP contribution in [0.5, 0.6) is 17.2 Å². The Balaban J connectivity index is 1.73. The van der Waals surface area contributed by atoms with Gasteiger partial charge in [0.25, 0.3) is 5.56 Å². The molecule has 0 radical (unpaired) electrons. The van der Waals surface area contributed by atoms with Crippen molar-refractivity contribution in [3.8, 4) is 28.6 Å². The maximum atomic E-state index is 12.9. The van der Waals surface area contributed by atoms with Crippen molar-refractivity contribution in [1.82, 2.24) is 14.6 Å². The van der Waals surface area contributed by atoms with Crippen molar-refractivity contribution in [1.29, 1.82) is 0 Å². The zero-order valence-electron chi connectivity index (χ0n) is 18.3. The molecule has 0 N–H and O–H groups in total. The van der Waals surface area contributed by atoms with Gasteiger partial charge in [-0.1, -0.05) is 11.3 Å². The zero-order chi connectivity index (χ0) is 23.0. The molecule has 0 unspecified atom stereocenters. The average Bonchev–Trinajstić information content (AvgIpc) is 3.29. The number of aryl methyl sites for hydroxylation is 2. The van der Waals surface area contributed by atoms with Crippen LogP contribution < -0.4 is 24.3 Å². The summed E-state index contributed by atoms with van der Waals surface area (Å²) >= 11 is 1.26. The van der Waals surface area contributed by atoms with Crippen molar-refractivity contribution < 1.29 is 19.0 Å². The van der Waals surface area contributed by atoms with Crippen LogP contribution in [0.1, 0.15) is 23.6 Å². The van der Waals surface area contributed by atoms with E-state index in [-0.39, 0.29) is 11.5 Å². The molecule has 4 aromatic rings. The standard InChI is InChI=1S/C23H21N3O5S/c1-12-8-15(9-13(2)20(12)31-14(3)27)10-19-22(28)26-23(32-19)24-21(25-26)16-6-7-17(29-4)18(11-16)30-5/h6-11H,1-5H3. The number of thiazole rings is 1. The van der Waals surface area contributed by atoms with Crippen molar-refractivity contribution in [2.75, 3.05) is 14.2 Å². The normalized spacial score (nSPS) is 11.7. The Kier molecular flexibility index (Phi) is 5.67. The van der Waals surface area contributed by atoms with Crippen LogP contribution in [0.3, 0.4) is 0 Å². The molecular weight excluding hydrogens is 430 g/mol. The molecule has 2 aromatic carbocycles. The largest absolute Gasteiger partial charge is 0.493 e. The van der Waals surface area contributed by atoms with Crippen LogP contribution in [0.25, 0.3) is 22.4 Å². The number of esters is 1. The molecule has 32 heavy (non-hydrogen) atoms.